The molecule has 2 aromatic heterocycles. The van der Waals surface area contributed by atoms with Gasteiger partial charge in [0.1, 0.15) is 11.3 Å². The summed E-state index contributed by atoms with van der Waals surface area (Å²) in [4.78, 5) is 29.6. The molecule has 1 aliphatic rings. The second kappa shape index (κ2) is 9.62. The van der Waals surface area contributed by atoms with E-state index in [9.17, 15) is 9.59 Å². The van der Waals surface area contributed by atoms with Crippen LogP contribution >= 0.6 is 23.2 Å². The van der Waals surface area contributed by atoms with Gasteiger partial charge in [-0.3, -0.25) is 15.0 Å². The minimum atomic E-state index is -0.244. The SMILES string of the molecule is O=C(NN1CCC(CNC(=O)c2cc3cc(Cl)ccc3o2)CC1)c1ccc2cc(Cl)ccc2n1. The average Bonchev–Trinajstić information content (AvgIpc) is 3.26. The van der Waals surface area contributed by atoms with E-state index in [1.807, 2.05) is 17.1 Å². The Labute approximate surface area is 206 Å². The zero-order valence-electron chi connectivity index (χ0n) is 18.2. The van der Waals surface area contributed by atoms with Gasteiger partial charge in [-0.05, 0) is 67.3 Å². The van der Waals surface area contributed by atoms with Crippen LogP contribution < -0.4 is 10.7 Å². The van der Waals surface area contributed by atoms with E-state index < -0.39 is 0 Å². The van der Waals surface area contributed by atoms with Gasteiger partial charge < -0.3 is 9.73 Å². The van der Waals surface area contributed by atoms with Crippen molar-refractivity contribution in [2.24, 2.45) is 5.92 Å². The number of fused-ring (bicyclic) bond motifs is 2. The molecule has 9 heteroatoms. The van der Waals surface area contributed by atoms with E-state index >= 15 is 0 Å². The summed E-state index contributed by atoms with van der Waals surface area (Å²) < 4.78 is 5.62. The summed E-state index contributed by atoms with van der Waals surface area (Å²) >= 11 is 12.0. The van der Waals surface area contributed by atoms with Gasteiger partial charge in [0.25, 0.3) is 11.8 Å². The summed E-state index contributed by atoms with van der Waals surface area (Å²) in [5, 5.41) is 7.77. The molecular weight excluding hydrogens is 475 g/mol. The highest BCUT2D eigenvalue weighted by Crippen LogP contribution is 2.23. The molecule has 0 radical (unpaired) electrons. The number of carbonyl (C=O) groups excluding carboxylic acids is 2. The summed E-state index contributed by atoms with van der Waals surface area (Å²) in [7, 11) is 0. The molecule has 0 aliphatic carbocycles. The second-order valence-corrected chi connectivity index (χ2v) is 9.28. The van der Waals surface area contributed by atoms with E-state index in [-0.39, 0.29) is 17.6 Å². The maximum absolute atomic E-state index is 12.7. The van der Waals surface area contributed by atoms with Crippen molar-refractivity contribution in [3.63, 3.8) is 0 Å². The van der Waals surface area contributed by atoms with Crippen molar-refractivity contribution < 1.29 is 14.0 Å². The highest BCUT2D eigenvalue weighted by Gasteiger charge is 2.22. The van der Waals surface area contributed by atoms with Crippen molar-refractivity contribution in [2.45, 2.75) is 12.8 Å². The number of nitrogens with one attached hydrogen (secondary N) is 2. The van der Waals surface area contributed by atoms with E-state index in [1.165, 1.54) is 0 Å². The Morgan fingerprint density at radius 3 is 2.47 bits per heavy atom. The lowest BCUT2D eigenvalue weighted by Gasteiger charge is -2.31. The van der Waals surface area contributed by atoms with Crippen LogP contribution in [0.15, 0.2) is 59.0 Å². The molecule has 4 aromatic rings. The zero-order valence-corrected chi connectivity index (χ0v) is 19.7. The number of amides is 2. The van der Waals surface area contributed by atoms with Crippen LogP contribution in [0.25, 0.3) is 21.9 Å². The molecule has 0 spiro atoms. The average molecular weight is 497 g/mol. The molecule has 2 N–H and O–H groups in total. The maximum atomic E-state index is 12.7. The van der Waals surface area contributed by atoms with Crippen molar-refractivity contribution >= 4 is 56.9 Å². The minimum Gasteiger partial charge on any atom is -0.451 e. The molecule has 1 aliphatic heterocycles. The molecule has 2 aromatic carbocycles. The third-order valence-electron chi connectivity index (χ3n) is 6.01. The van der Waals surface area contributed by atoms with Gasteiger partial charge in [-0.25, -0.2) is 9.99 Å². The van der Waals surface area contributed by atoms with Crippen LogP contribution in [0.5, 0.6) is 0 Å². The number of piperidine rings is 1. The van der Waals surface area contributed by atoms with E-state index in [4.69, 9.17) is 27.6 Å². The topological polar surface area (TPSA) is 87.5 Å². The van der Waals surface area contributed by atoms with Crippen LogP contribution in [0.1, 0.15) is 33.9 Å². The lowest BCUT2D eigenvalue weighted by Crippen LogP contribution is -2.48. The van der Waals surface area contributed by atoms with E-state index in [0.717, 1.165) is 29.1 Å². The standard InChI is InChI=1S/C25H22Cl2N4O3/c26-18-2-5-20-16(11-18)1-4-21(29-20)24(32)30-31-9-7-15(8-10-31)14-28-25(33)23-13-17-12-19(27)3-6-22(17)34-23/h1-6,11-13,15H,7-10,14H2,(H,28,33)(H,30,32). The predicted molar refractivity (Wildman–Crippen MR) is 132 cm³/mol. The van der Waals surface area contributed by atoms with E-state index in [2.05, 4.69) is 15.7 Å². The van der Waals surface area contributed by atoms with Crippen LogP contribution in [-0.4, -0.2) is 41.4 Å². The Hall–Kier alpha value is -3.13. The van der Waals surface area contributed by atoms with Gasteiger partial charge in [-0.15, -0.1) is 0 Å². The fourth-order valence-electron chi connectivity index (χ4n) is 4.12. The third-order valence-corrected chi connectivity index (χ3v) is 6.48. The smallest absolute Gasteiger partial charge is 0.287 e. The monoisotopic (exact) mass is 496 g/mol. The van der Waals surface area contributed by atoms with Crippen molar-refractivity contribution in [2.75, 3.05) is 19.6 Å². The summed E-state index contributed by atoms with van der Waals surface area (Å²) in [6, 6.07) is 15.9. The summed E-state index contributed by atoms with van der Waals surface area (Å²) in [6.07, 6.45) is 1.69. The molecule has 7 nitrogen and oxygen atoms in total. The Bertz CT molecular complexity index is 1380. The number of rotatable bonds is 5. The molecule has 174 valence electrons. The fourth-order valence-corrected chi connectivity index (χ4v) is 4.48. The Morgan fingerprint density at radius 2 is 1.68 bits per heavy atom. The first kappa shape index (κ1) is 22.7. The van der Waals surface area contributed by atoms with Crippen molar-refractivity contribution in [1.82, 2.24) is 20.7 Å². The first-order valence-electron chi connectivity index (χ1n) is 11.0. The number of hydrogen-bond donors (Lipinski definition) is 2. The molecule has 5 rings (SSSR count). The molecule has 34 heavy (non-hydrogen) atoms. The Balaban J connectivity index is 1.11. The third kappa shape index (κ3) is 5.01. The predicted octanol–water partition coefficient (Wildman–Crippen LogP) is 5.07. The first-order chi connectivity index (χ1) is 16.4. The number of furan rings is 1. The number of halogens is 2. The van der Waals surface area contributed by atoms with Crippen LogP contribution in [0.4, 0.5) is 0 Å². The molecule has 0 unspecified atom stereocenters. The highest BCUT2D eigenvalue weighted by atomic mass is 35.5. The largest absolute Gasteiger partial charge is 0.451 e. The summed E-state index contributed by atoms with van der Waals surface area (Å²) in [6.45, 7) is 1.93. The van der Waals surface area contributed by atoms with Crippen LogP contribution in [0.2, 0.25) is 10.0 Å². The van der Waals surface area contributed by atoms with Gasteiger partial charge in [-0.1, -0.05) is 29.3 Å². The Kier molecular flexibility index (Phi) is 6.41. The van der Waals surface area contributed by atoms with Gasteiger partial charge in [0.05, 0.1) is 5.52 Å². The highest BCUT2D eigenvalue weighted by molar-refractivity contribution is 6.31. The second-order valence-electron chi connectivity index (χ2n) is 8.41. The molecular formula is C25H22Cl2N4O3. The number of aromatic nitrogens is 1. The molecule has 0 atom stereocenters. The minimum absolute atomic E-state index is 0.242. The molecule has 1 fully saturated rings. The van der Waals surface area contributed by atoms with Crippen LogP contribution in [-0.2, 0) is 0 Å². The van der Waals surface area contributed by atoms with Gasteiger partial charge in [-0.2, -0.15) is 0 Å². The zero-order chi connectivity index (χ0) is 23.7. The fraction of sp³-hybridized carbons (Fsp3) is 0.240. The van der Waals surface area contributed by atoms with E-state index in [1.54, 1.807) is 42.5 Å². The van der Waals surface area contributed by atoms with Crippen LogP contribution in [0.3, 0.4) is 0 Å². The van der Waals surface area contributed by atoms with Crippen molar-refractivity contribution in [3.8, 4) is 0 Å². The lowest BCUT2D eigenvalue weighted by molar-refractivity contribution is 0.0693. The van der Waals surface area contributed by atoms with Crippen LogP contribution in [0, 0.1) is 5.92 Å². The number of benzene rings is 2. The molecule has 0 saturated carbocycles. The molecule has 0 bridgehead atoms. The Morgan fingerprint density at radius 1 is 0.941 bits per heavy atom. The number of nitrogens with zero attached hydrogens (tertiary/aromatic N) is 2. The lowest BCUT2D eigenvalue weighted by atomic mass is 9.97. The van der Waals surface area contributed by atoms with Gasteiger partial charge in [0.15, 0.2) is 5.76 Å². The summed E-state index contributed by atoms with van der Waals surface area (Å²) in [5.41, 5.74) is 4.64. The van der Waals surface area contributed by atoms with Gasteiger partial charge >= 0.3 is 0 Å². The normalized spacial score (nSPS) is 15.0. The number of pyridine rings is 1. The number of hydrazine groups is 1. The van der Waals surface area contributed by atoms with Crippen molar-refractivity contribution in [3.05, 3.63) is 76.1 Å². The van der Waals surface area contributed by atoms with Crippen molar-refractivity contribution in [1.29, 1.82) is 0 Å². The number of hydrogen-bond acceptors (Lipinski definition) is 5. The first-order valence-corrected chi connectivity index (χ1v) is 11.8. The van der Waals surface area contributed by atoms with E-state index in [0.29, 0.717) is 46.9 Å². The molecule has 2 amide bonds. The van der Waals surface area contributed by atoms with Gasteiger partial charge in [0.2, 0.25) is 0 Å². The number of carbonyl (C=O) groups is 2. The molecule has 1 saturated heterocycles. The van der Waals surface area contributed by atoms with Gasteiger partial charge in [0, 0.05) is 40.5 Å². The quantitative estimate of drug-likeness (QED) is 0.402. The summed E-state index contributed by atoms with van der Waals surface area (Å²) in [5.74, 6) is 0.104. The maximum Gasteiger partial charge on any atom is 0.287 e. The molecule has 3 heterocycles.